The zero-order valence-corrected chi connectivity index (χ0v) is 17.0. The SMILES string of the molecule is Cc1cc(C2CN(c3cc(C)c4c(=O)c(C(=O)O)cn(-c5ncns5)c4n3)C2)n[nH]1. The Labute approximate surface area is 174 Å². The molecule has 0 amide bonds. The smallest absolute Gasteiger partial charge is 0.341 e. The Hall–Kier alpha value is -3.60. The summed E-state index contributed by atoms with van der Waals surface area (Å²) in [6.45, 7) is 5.29. The van der Waals surface area contributed by atoms with Crippen LogP contribution in [0.2, 0.25) is 0 Å². The molecule has 1 fully saturated rings. The molecule has 0 atom stereocenters. The summed E-state index contributed by atoms with van der Waals surface area (Å²) in [6, 6.07) is 3.87. The summed E-state index contributed by atoms with van der Waals surface area (Å²) in [5, 5.41) is 17.5. The number of carboxylic acid groups (broad SMARTS) is 1. The standard InChI is InChI=1S/C19H17N7O3S/c1-9-3-14(25-5-11(6-25)13-4-10(2)23-24-13)22-17-15(9)16(27)12(18(28)29)7-26(17)19-20-8-21-30-19/h3-4,7-8,11H,5-6H2,1-2H3,(H,23,24)(H,28,29). The molecule has 0 radical (unpaired) electrons. The third kappa shape index (κ3) is 2.86. The molecule has 0 aromatic carbocycles. The van der Waals surface area contributed by atoms with Gasteiger partial charge in [0.2, 0.25) is 10.6 Å². The van der Waals surface area contributed by atoms with E-state index >= 15 is 0 Å². The van der Waals surface area contributed by atoms with E-state index in [0.717, 1.165) is 41.8 Å². The molecule has 0 unspecified atom stereocenters. The number of aryl methyl sites for hydroxylation is 2. The van der Waals surface area contributed by atoms with Crippen molar-refractivity contribution in [2.75, 3.05) is 18.0 Å². The van der Waals surface area contributed by atoms with Crippen LogP contribution in [0.25, 0.3) is 16.2 Å². The summed E-state index contributed by atoms with van der Waals surface area (Å²) in [6.07, 6.45) is 2.65. The number of aromatic amines is 1. The van der Waals surface area contributed by atoms with Crippen molar-refractivity contribution in [3.05, 3.63) is 57.4 Å². The van der Waals surface area contributed by atoms with Crippen molar-refractivity contribution < 1.29 is 9.90 Å². The fraction of sp³-hybridized carbons (Fsp3) is 0.263. The van der Waals surface area contributed by atoms with Crippen molar-refractivity contribution in [1.82, 2.24) is 29.1 Å². The maximum absolute atomic E-state index is 12.8. The first kappa shape index (κ1) is 18.4. The molecule has 1 aliphatic rings. The molecule has 0 bridgehead atoms. The van der Waals surface area contributed by atoms with Crippen LogP contribution in [-0.2, 0) is 0 Å². The summed E-state index contributed by atoms with van der Waals surface area (Å²) >= 11 is 1.10. The van der Waals surface area contributed by atoms with E-state index in [1.165, 1.54) is 17.1 Å². The van der Waals surface area contributed by atoms with Gasteiger partial charge in [-0.2, -0.15) is 9.47 Å². The Balaban J connectivity index is 1.61. The lowest BCUT2D eigenvalue weighted by Crippen LogP contribution is -2.45. The van der Waals surface area contributed by atoms with Crippen LogP contribution in [0.1, 0.15) is 33.2 Å². The lowest BCUT2D eigenvalue weighted by atomic mass is 9.96. The summed E-state index contributed by atoms with van der Waals surface area (Å²) < 4.78 is 5.52. The molecule has 30 heavy (non-hydrogen) atoms. The molecule has 11 heteroatoms. The maximum Gasteiger partial charge on any atom is 0.341 e. The van der Waals surface area contributed by atoms with Crippen molar-refractivity contribution >= 4 is 34.4 Å². The predicted octanol–water partition coefficient (Wildman–Crippen LogP) is 1.88. The molecule has 1 aliphatic heterocycles. The second-order valence-corrected chi connectivity index (χ2v) is 8.10. The summed E-state index contributed by atoms with van der Waals surface area (Å²) in [7, 11) is 0. The fourth-order valence-corrected chi connectivity index (χ4v) is 4.22. The Morgan fingerprint density at radius 2 is 2.10 bits per heavy atom. The Morgan fingerprint density at radius 1 is 1.30 bits per heavy atom. The molecular weight excluding hydrogens is 406 g/mol. The lowest BCUT2D eigenvalue weighted by molar-refractivity contribution is 0.0695. The van der Waals surface area contributed by atoms with Gasteiger partial charge in [-0.1, -0.05) is 0 Å². The van der Waals surface area contributed by atoms with E-state index in [9.17, 15) is 14.7 Å². The topological polar surface area (TPSA) is 130 Å². The number of carboxylic acids is 1. The zero-order chi connectivity index (χ0) is 21.0. The molecule has 5 heterocycles. The Bertz CT molecular complexity index is 1340. The van der Waals surface area contributed by atoms with Gasteiger partial charge in [0, 0.05) is 42.4 Å². The minimum atomic E-state index is -1.29. The summed E-state index contributed by atoms with van der Waals surface area (Å²) in [5.41, 5.74) is 2.21. The first-order chi connectivity index (χ1) is 14.4. The highest BCUT2D eigenvalue weighted by atomic mass is 32.1. The number of fused-ring (bicyclic) bond motifs is 1. The van der Waals surface area contributed by atoms with Crippen LogP contribution < -0.4 is 10.3 Å². The zero-order valence-electron chi connectivity index (χ0n) is 16.2. The van der Waals surface area contributed by atoms with Gasteiger partial charge in [-0.25, -0.2) is 14.8 Å². The Kier molecular flexibility index (Phi) is 4.13. The minimum absolute atomic E-state index is 0.272. The number of rotatable bonds is 4. The van der Waals surface area contributed by atoms with Crippen molar-refractivity contribution in [2.45, 2.75) is 19.8 Å². The Morgan fingerprint density at radius 3 is 2.73 bits per heavy atom. The number of anilines is 1. The number of hydrogen-bond acceptors (Lipinski definition) is 8. The lowest BCUT2D eigenvalue weighted by Gasteiger charge is -2.39. The summed E-state index contributed by atoms with van der Waals surface area (Å²) in [5.74, 6) is -0.250. The van der Waals surface area contributed by atoms with Gasteiger partial charge in [0.05, 0.1) is 11.1 Å². The predicted molar refractivity (Wildman–Crippen MR) is 111 cm³/mol. The highest BCUT2D eigenvalue weighted by Gasteiger charge is 2.31. The second-order valence-electron chi connectivity index (χ2n) is 7.34. The largest absolute Gasteiger partial charge is 0.477 e. The van der Waals surface area contributed by atoms with Crippen LogP contribution in [0.5, 0.6) is 0 Å². The monoisotopic (exact) mass is 423 g/mol. The van der Waals surface area contributed by atoms with Gasteiger partial charge in [0.25, 0.3) is 0 Å². The second kappa shape index (κ2) is 6.73. The average Bonchev–Trinajstić information content (AvgIpc) is 3.32. The number of aromatic carboxylic acids is 1. The van der Waals surface area contributed by atoms with Gasteiger partial charge in [-0.15, -0.1) is 0 Å². The van der Waals surface area contributed by atoms with E-state index in [1.54, 1.807) is 6.92 Å². The van der Waals surface area contributed by atoms with Gasteiger partial charge < -0.3 is 10.0 Å². The maximum atomic E-state index is 12.8. The van der Waals surface area contributed by atoms with E-state index in [1.807, 2.05) is 19.1 Å². The third-order valence-electron chi connectivity index (χ3n) is 5.28. The molecule has 0 aliphatic carbocycles. The normalized spacial score (nSPS) is 14.3. The van der Waals surface area contributed by atoms with E-state index in [4.69, 9.17) is 4.98 Å². The molecule has 10 nitrogen and oxygen atoms in total. The van der Waals surface area contributed by atoms with Crippen LogP contribution in [0.4, 0.5) is 5.82 Å². The number of hydrogen-bond donors (Lipinski definition) is 2. The number of H-pyrrole nitrogens is 1. The van der Waals surface area contributed by atoms with Gasteiger partial charge >= 0.3 is 5.97 Å². The first-order valence-corrected chi connectivity index (χ1v) is 10.0. The quantitative estimate of drug-likeness (QED) is 0.509. The number of nitrogens with zero attached hydrogens (tertiary/aromatic N) is 6. The number of aromatic nitrogens is 6. The van der Waals surface area contributed by atoms with E-state index in [0.29, 0.717) is 22.3 Å². The molecule has 4 aromatic heterocycles. The molecule has 0 saturated carbocycles. The number of carbonyl (C=O) groups is 1. The highest BCUT2D eigenvalue weighted by Crippen LogP contribution is 2.32. The first-order valence-electron chi connectivity index (χ1n) is 9.26. The molecule has 0 spiro atoms. The van der Waals surface area contributed by atoms with E-state index in [-0.39, 0.29) is 10.9 Å². The molecule has 2 N–H and O–H groups in total. The molecule has 5 rings (SSSR count). The molecular formula is C19H17N7O3S. The van der Waals surface area contributed by atoms with Crippen LogP contribution in [-0.4, -0.2) is 53.3 Å². The highest BCUT2D eigenvalue weighted by molar-refractivity contribution is 7.08. The molecule has 4 aromatic rings. The summed E-state index contributed by atoms with van der Waals surface area (Å²) in [4.78, 5) is 35.4. The third-order valence-corrected chi connectivity index (χ3v) is 5.94. The van der Waals surface area contributed by atoms with E-state index in [2.05, 4.69) is 24.5 Å². The molecule has 1 saturated heterocycles. The van der Waals surface area contributed by atoms with Crippen LogP contribution in [0.15, 0.2) is 29.5 Å². The van der Waals surface area contributed by atoms with E-state index < -0.39 is 11.4 Å². The van der Waals surface area contributed by atoms with Crippen LogP contribution >= 0.6 is 11.5 Å². The van der Waals surface area contributed by atoms with Crippen molar-refractivity contribution in [3.8, 4) is 5.13 Å². The van der Waals surface area contributed by atoms with Gasteiger partial charge in [0.15, 0.2) is 5.65 Å². The number of nitrogens with one attached hydrogen (secondary N) is 1. The van der Waals surface area contributed by atoms with Gasteiger partial charge in [0.1, 0.15) is 17.7 Å². The fourth-order valence-electron chi connectivity index (χ4n) is 3.71. The average molecular weight is 423 g/mol. The molecule has 152 valence electrons. The van der Waals surface area contributed by atoms with Gasteiger partial charge in [-0.05, 0) is 31.5 Å². The minimum Gasteiger partial charge on any atom is -0.477 e. The van der Waals surface area contributed by atoms with Crippen LogP contribution in [0, 0.1) is 13.8 Å². The van der Waals surface area contributed by atoms with Crippen molar-refractivity contribution in [2.24, 2.45) is 0 Å². The van der Waals surface area contributed by atoms with Crippen LogP contribution in [0.3, 0.4) is 0 Å². The van der Waals surface area contributed by atoms with Crippen molar-refractivity contribution in [3.63, 3.8) is 0 Å². The van der Waals surface area contributed by atoms with Gasteiger partial charge in [-0.3, -0.25) is 14.5 Å². The number of pyridine rings is 2. The van der Waals surface area contributed by atoms with Crippen molar-refractivity contribution in [1.29, 1.82) is 0 Å².